The molecule has 0 saturated carbocycles. The van der Waals surface area contributed by atoms with Crippen LogP contribution in [0.25, 0.3) is 22.0 Å². The van der Waals surface area contributed by atoms with Crippen molar-refractivity contribution in [1.82, 2.24) is 14.9 Å². The molecule has 3 aromatic rings. The number of fused-ring (bicyclic) bond motifs is 1. The molecule has 29 heavy (non-hydrogen) atoms. The minimum atomic E-state index is -0.270. The summed E-state index contributed by atoms with van der Waals surface area (Å²) in [6, 6.07) is 16.2. The Morgan fingerprint density at radius 2 is 2.03 bits per heavy atom. The van der Waals surface area contributed by atoms with Gasteiger partial charge in [0.25, 0.3) is 0 Å². The molecule has 0 bridgehead atoms. The van der Waals surface area contributed by atoms with Gasteiger partial charge in [0, 0.05) is 31.4 Å². The van der Waals surface area contributed by atoms with E-state index in [-0.39, 0.29) is 18.6 Å². The van der Waals surface area contributed by atoms with Crippen LogP contribution in [-0.4, -0.2) is 58.2 Å². The molecule has 1 fully saturated rings. The van der Waals surface area contributed by atoms with E-state index in [4.69, 9.17) is 4.98 Å². The monoisotopic (exact) mass is 390 g/mol. The molecule has 1 amide bonds. The van der Waals surface area contributed by atoms with E-state index in [1.807, 2.05) is 30.0 Å². The molecule has 1 atom stereocenters. The third-order valence-electron chi connectivity index (χ3n) is 5.55. The van der Waals surface area contributed by atoms with Gasteiger partial charge in [0.1, 0.15) is 6.04 Å². The van der Waals surface area contributed by atoms with Gasteiger partial charge in [0.15, 0.2) is 0 Å². The van der Waals surface area contributed by atoms with E-state index >= 15 is 0 Å². The second-order valence-corrected chi connectivity index (χ2v) is 7.30. The Bertz CT molecular complexity index is 1010. The maximum absolute atomic E-state index is 13.0. The van der Waals surface area contributed by atoms with Crippen molar-refractivity contribution < 1.29 is 9.90 Å². The van der Waals surface area contributed by atoms with E-state index in [0.717, 1.165) is 30.6 Å². The number of nitrogens with zero attached hydrogens (tertiary/aromatic N) is 4. The lowest BCUT2D eigenvalue weighted by molar-refractivity contribution is -0.132. The first-order valence-electron chi connectivity index (χ1n) is 10.2. The highest BCUT2D eigenvalue weighted by atomic mass is 16.3. The molecule has 2 heterocycles. The van der Waals surface area contributed by atoms with E-state index in [1.165, 1.54) is 10.8 Å². The molecule has 6 heteroatoms. The smallest absolute Gasteiger partial charge is 0.245 e. The number of anilines is 1. The molecular weight excluding hydrogens is 364 g/mol. The van der Waals surface area contributed by atoms with Gasteiger partial charge in [-0.05, 0) is 42.7 Å². The first-order chi connectivity index (χ1) is 14.2. The molecule has 2 aromatic carbocycles. The minimum Gasteiger partial charge on any atom is -0.395 e. The molecule has 1 aliphatic heterocycles. The van der Waals surface area contributed by atoms with Crippen LogP contribution in [0.5, 0.6) is 0 Å². The summed E-state index contributed by atoms with van der Waals surface area (Å²) in [6.07, 6.45) is 3.47. The number of carbonyl (C=O) groups is 1. The van der Waals surface area contributed by atoms with Gasteiger partial charge in [-0.2, -0.15) is 0 Å². The third-order valence-corrected chi connectivity index (χ3v) is 5.55. The van der Waals surface area contributed by atoms with Gasteiger partial charge in [-0.3, -0.25) is 4.79 Å². The van der Waals surface area contributed by atoms with Gasteiger partial charge in [-0.25, -0.2) is 9.97 Å². The predicted octanol–water partition coefficient (Wildman–Crippen LogP) is 3.11. The van der Waals surface area contributed by atoms with Gasteiger partial charge >= 0.3 is 0 Å². The van der Waals surface area contributed by atoms with Crippen molar-refractivity contribution in [2.24, 2.45) is 0 Å². The number of hydrogen-bond donors (Lipinski definition) is 1. The Balaban J connectivity index is 1.62. The van der Waals surface area contributed by atoms with Crippen LogP contribution in [-0.2, 0) is 4.79 Å². The predicted molar refractivity (Wildman–Crippen MR) is 115 cm³/mol. The number of aliphatic hydroxyl groups excluding tert-OH is 1. The number of aromatic nitrogens is 2. The summed E-state index contributed by atoms with van der Waals surface area (Å²) >= 11 is 0. The zero-order valence-electron chi connectivity index (χ0n) is 16.7. The summed E-state index contributed by atoms with van der Waals surface area (Å²) in [6.45, 7) is 3.61. The highest BCUT2D eigenvalue weighted by Gasteiger charge is 2.34. The van der Waals surface area contributed by atoms with Crippen molar-refractivity contribution in [2.75, 3.05) is 31.1 Å². The maximum Gasteiger partial charge on any atom is 0.245 e. The summed E-state index contributed by atoms with van der Waals surface area (Å²) in [5.41, 5.74) is 1.88. The fourth-order valence-corrected chi connectivity index (χ4v) is 4.01. The largest absolute Gasteiger partial charge is 0.395 e. The second kappa shape index (κ2) is 8.57. The van der Waals surface area contributed by atoms with E-state index in [9.17, 15) is 9.90 Å². The van der Waals surface area contributed by atoms with Crippen LogP contribution in [0, 0.1) is 0 Å². The van der Waals surface area contributed by atoms with Crippen molar-refractivity contribution in [1.29, 1.82) is 0 Å². The van der Waals surface area contributed by atoms with E-state index in [0.29, 0.717) is 19.0 Å². The molecule has 6 nitrogen and oxygen atoms in total. The Morgan fingerprint density at radius 1 is 1.21 bits per heavy atom. The van der Waals surface area contributed by atoms with Gasteiger partial charge < -0.3 is 14.9 Å². The normalized spacial score (nSPS) is 16.3. The SMILES string of the molecule is CCN(CCO)C(=O)[C@@H]1CCCN1c1nccc(-c2ccc3ccccc3c2)n1. The zero-order chi connectivity index (χ0) is 20.2. The Labute approximate surface area is 170 Å². The van der Waals surface area contributed by atoms with Crippen LogP contribution >= 0.6 is 0 Å². The van der Waals surface area contributed by atoms with Gasteiger partial charge in [-0.15, -0.1) is 0 Å². The zero-order valence-corrected chi connectivity index (χ0v) is 16.7. The minimum absolute atomic E-state index is 0.0275. The number of hydrogen-bond acceptors (Lipinski definition) is 5. The van der Waals surface area contributed by atoms with Gasteiger partial charge in [-0.1, -0.05) is 36.4 Å². The van der Waals surface area contributed by atoms with Crippen molar-refractivity contribution in [3.63, 3.8) is 0 Å². The molecule has 1 saturated heterocycles. The average Bonchev–Trinajstić information content (AvgIpc) is 3.27. The van der Waals surface area contributed by atoms with Crippen molar-refractivity contribution in [2.45, 2.75) is 25.8 Å². The summed E-state index contributed by atoms with van der Waals surface area (Å²) in [4.78, 5) is 25.9. The highest BCUT2D eigenvalue weighted by Crippen LogP contribution is 2.27. The molecule has 0 spiro atoms. The Hall–Kier alpha value is -2.99. The van der Waals surface area contributed by atoms with Crippen LogP contribution in [0.15, 0.2) is 54.7 Å². The first kappa shape index (κ1) is 19.3. The molecule has 0 aliphatic carbocycles. The number of aliphatic hydroxyl groups is 1. The van der Waals surface area contributed by atoms with Crippen LogP contribution < -0.4 is 4.90 Å². The van der Waals surface area contributed by atoms with E-state index < -0.39 is 0 Å². The fourth-order valence-electron chi connectivity index (χ4n) is 4.01. The molecule has 1 N–H and O–H groups in total. The molecule has 4 rings (SSSR count). The summed E-state index contributed by atoms with van der Waals surface area (Å²) in [7, 11) is 0. The number of carbonyl (C=O) groups excluding carboxylic acids is 1. The number of likely N-dealkylation sites (N-methyl/N-ethyl adjacent to an activating group) is 1. The van der Waals surface area contributed by atoms with Crippen molar-refractivity contribution >= 4 is 22.6 Å². The number of benzene rings is 2. The van der Waals surface area contributed by atoms with Gasteiger partial charge in [0.2, 0.25) is 11.9 Å². The summed E-state index contributed by atoms with van der Waals surface area (Å²) in [5, 5.41) is 11.6. The van der Waals surface area contributed by atoms with Crippen LogP contribution in [0.3, 0.4) is 0 Å². The van der Waals surface area contributed by atoms with Crippen LogP contribution in [0.1, 0.15) is 19.8 Å². The lowest BCUT2D eigenvalue weighted by Gasteiger charge is -2.29. The fraction of sp³-hybridized carbons (Fsp3) is 0.348. The number of amides is 1. The molecule has 1 aromatic heterocycles. The number of rotatable bonds is 6. The Morgan fingerprint density at radius 3 is 2.83 bits per heavy atom. The van der Waals surface area contributed by atoms with Gasteiger partial charge in [0.05, 0.1) is 12.3 Å². The molecule has 150 valence electrons. The quantitative estimate of drug-likeness (QED) is 0.700. The second-order valence-electron chi connectivity index (χ2n) is 7.30. The third kappa shape index (κ3) is 3.93. The van der Waals surface area contributed by atoms with Crippen LogP contribution in [0.4, 0.5) is 5.95 Å². The van der Waals surface area contributed by atoms with E-state index in [1.54, 1.807) is 11.1 Å². The summed E-state index contributed by atoms with van der Waals surface area (Å²) < 4.78 is 0. The average molecular weight is 390 g/mol. The van der Waals surface area contributed by atoms with Crippen molar-refractivity contribution in [3.05, 3.63) is 54.7 Å². The topological polar surface area (TPSA) is 69.6 Å². The lowest BCUT2D eigenvalue weighted by Crippen LogP contribution is -2.47. The highest BCUT2D eigenvalue weighted by molar-refractivity contribution is 5.87. The van der Waals surface area contributed by atoms with E-state index in [2.05, 4.69) is 35.3 Å². The summed E-state index contributed by atoms with van der Waals surface area (Å²) in [5.74, 6) is 0.630. The van der Waals surface area contributed by atoms with Crippen molar-refractivity contribution in [3.8, 4) is 11.3 Å². The molecule has 0 radical (unpaired) electrons. The standard InChI is InChI=1S/C23H26N4O2/c1-2-26(14-15-28)22(29)21-8-5-13-27(21)23-24-12-11-20(25-23)19-10-9-17-6-3-4-7-18(17)16-19/h3-4,6-7,9-12,16,21,28H,2,5,8,13-15H2,1H3/t21-/m0/s1. The molecule has 0 unspecified atom stereocenters. The first-order valence-corrected chi connectivity index (χ1v) is 10.2. The Kier molecular flexibility index (Phi) is 5.71. The van der Waals surface area contributed by atoms with Crippen LogP contribution in [0.2, 0.25) is 0 Å². The molecular formula is C23H26N4O2. The molecule has 1 aliphatic rings. The lowest BCUT2D eigenvalue weighted by atomic mass is 10.1. The maximum atomic E-state index is 13.0.